The fourth-order valence-corrected chi connectivity index (χ4v) is 6.73. The second-order valence-electron chi connectivity index (χ2n) is 12.6. The van der Waals surface area contributed by atoms with E-state index in [0.717, 1.165) is 50.3 Å². The van der Waals surface area contributed by atoms with Crippen LogP contribution in [-0.2, 0) is 20.8 Å². The first-order valence-corrected chi connectivity index (χ1v) is 17.9. The number of nitrogens with one attached hydrogen (secondary N) is 3. The molecule has 4 amide bonds. The van der Waals surface area contributed by atoms with Crippen molar-refractivity contribution in [1.29, 1.82) is 0 Å². The number of hydrogen-bond donors (Lipinski definition) is 4. The van der Waals surface area contributed by atoms with Crippen molar-refractivity contribution in [1.82, 2.24) is 25.6 Å². The van der Waals surface area contributed by atoms with E-state index in [1.807, 2.05) is 14.0 Å². The average molecular weight is 686 g/mol. The number of nitrogens with two attached hydrogens (primary N) is 1. The van der Waals surface area contributed by atoms with Gasteiger partial charge in [-0.1, -0.05) is 50.8 Å². The molecule has 14 heteroatoms. The molecule has 0 radical (unpaired) electrons. The highest BCUT2D eigenvalue weighted by Crippen LogP contribution is 2.29. The first-order chi connectivity index (χ1) is 23.1. The van der Waals surface area contributed by atoms with Crippen LogP contribution in [0.1, 0.15) is 79.9 Å². The molecule has 2 aromatic rings. The largest absolute Gasteiger partial charge is 0.404 e. The lowest BCUT2D eigenvalue weighted by Crippen LogP contribution is -2.55. The summed E-state index contributed by atoms with van der Waals surface area (Å²) in [5, 5.41) is 12.3. The van der Waals surface area contributed by atoms with Crippen LogP contribution in [0, 0.1) is 11.7 Å². The van der Waals surface area contributed by atoms with Crippen LogP contribution in [0.2, 0.25) is 0 Å². The van der Waals surface area contributed by atoms with Crippen molar-refractivity contribution in [3.05, 3.63) is 58.2 Å². The van der Waals surface area contributed by atoms with Gasteiger partial charge in [0.25, 0.3) is 11.8 Å². The Morgan fingerprint density at radius 2 is 1.79 bits per heavy atom. The number of rotatable bonds is 12. The van der Waals surface area contributed by atoms with Gasteiger partial charge >= 0.3 is 0 Å². The van der Waals surface area contributed by atoms with Crippen LogP contribution < -0.4 is 21.7 Å². The van der Waals surface area contributed by atoms with Gasteiger partial charge in [0.1, 0.15) is 29.7 Å². The maximum absolute atomic E-state index is 15.7. The third-order valence-electron chi connectivity index (χ3n) is 9.40. The predicted molar refractivity (Wildman–Crippen MR) is 184 cm³/mol. The third kappa shape index (κ3) is 9.16. The number of likely N-dealkylation sites (N-methyl/N-ethyl adjacent to an activating group) is 1. The van der Waals surface area contributed by atoms with E-state index in [2.05, 4.69) is 26.0 Å². The second-order valence-corrected chi connectivity index (χ2v) is 13.4. The van der Waals surface area contributed by atoms with Gasteiger partial charge in [-0.25, -0.2) is 4.39 Å². The van der Waals surface area contributed by atoms with Crippen LogP contribution in [0.4, 0.5) is 10.1 Å². The molecule has 0 unspecified atom stereocenters. The Balaban J connectivity index is 1.55. The highest BCUT2D eigenvalue weighted by Gasteiger charge is 2.35. The topological polar surface area (TPSA) is 163 Å². The van der Waals surface area contributed by atoms with E-state index in [-0.39, 0.29) is 28.0 Å². The van der Waals surface area contributed by atoms with Crippen molar-refractivity contribution in [2.24, 2.45) is 11.7 Å². The first kappa shape index (κ1) is 36.9. The molecular formula is C34H48FN7O5S. The SMILES string of the molecule is CCc1nocc1C(=O)N[C@H](C(=O)Nc1ccc([C@H](C)[C@@H](NC(=O)/C(=C/N)SC)C(=O)N2CCN(C)CC2)cc1F)C1CCCCCC1. The summed E-state index contributed by atoms with van der Waals surface area (Å²) in [5.41, 5.74) is 6.82. The van der Waals surface area contributed by atoms with Gasteiger partial charge < -0.3 is 36.0 Å². The summed E-state index contributed by atoms with van der Waals surface area (Å²) in [6.45, 7) is 6.02. The van der Waals surface area contributed by atoms with Gasteiger partial charge in [-0.05, 0) is 56.2 Å². The van der Waals surface area contributed by atoms with Gasteiger partial charge in [-0.15, -0.1) is 11.8 Å². The van der Waals surface area contributed by atoms with Crippen LogP contribution in [0.5, 0.6) is 0 Å². The standard InChI is InChI=1S/C34H48FN7O5S/c1-5-26-24(20-47-40-26)31(43)39-30(22-10-8-6-7-9-11-22)33(45)37-27-13-12-23(18-25(27)35)21(2)29(38-32(44)28(19-36)48-4)34(46)42-16-14-41(3)15-17-42/h12-13,18-22,29-30H,5-11,14-17,36H2,1-4H3,(H,37,45)(H,38,44)(H,39,43)/b28-19-/t21-,29+,30-/m0/s1. The number of aromatic nitrogens is 1. The summed E-state index contributed by atoms with van der Waals surface area (Å²) in [6.07, 6.45) is 10.2. The molecule has 1 aromatic heterocycles. The number of nitrogens with zero attached hydrogens (tertiary/aromatic N) is 3. The van der Waals surface area contributed by atoms with Gasteiger partial charge in [0.2, 0.25) is 11.8 Å². The minimum Gasteiger partial charge on any atom is -0.404 e. The molecular weight excluding hydrogens is 637 g/mol. The Morgan fingerprint density at radius 1 is 1.10 bits per heavy atom. The molecule has 1 aromatic carbocycles. The molecule has 1 saturated heterocycles. The summed E-state index contributed by atoms with van der Waals surface area (Å²) in [4.78, 5) is 57.8. The Kier molecular flexibility index (Phi) is 13.4. The summed E-state index contributed by atoms with van der Waals surface area (Å²) >= 11 is 1.16. The number of carbonyl (C=O) groups excluding carboxylic acids is 4. The maximum Gasteiger partial charge on any atom is 0.259 e. The minimum absolute atomic E-state index is 0.0511. The smallest absolute Gasteiger partial charge is 0.259 e. The van der Waals surface area contributed by atoms with E-state index in [9.17, 15) is 19.2 Å². The second kappa shape index (κ2) is 17.5. The number of halogens is 1. The Morgan fingerprint density at radius 3 is 2.40 bits per heavy atom. The third-order valence-corrected chi connectivity index (χ3v) is 10.2. The van der Waals surface area contributed by atoms with Crippen LogP contribution in [0.3, 0.4) is 0 Å². The molecule has 1 saturated carbocycles. The Labute approximate surface area is 285 Å². The predicted octanol–water partition coefficient (Wildman–Crippen LogP) is 3.61. The molecule has 262 valence electrons. The van der Waals surface area contributed by atoms with Crippen molar-refractivity contribution < 1.29 is 28.1 Å². The number of carbonyl (C=O) groups is 4. The monoisotopic (exact) mass is 685 g/mol. The normalized spacial score (nSPS) is 18.4. The zero-order valence-corrected chi connectivity index (χ0v) is 29.0. The molecule has 1 aliphatic heterocycles. The fraction of sp³-hybridized carbons (Fsp3) is 0.559. The molecule has 3 atom stereocenters. The van der Waals surface area contributed by atoms with Crippen molar-refractivity contribution in [3.8, 4) is 0 Å². The van der Waals surface area contributed by atoms with Gasteiger partial charge in [-0.2, -0.15) is 0 Å². The zero-order valence-electron chi connectivity index (χ0n) is 28.2. The lowest BCUT2D eigenvalue weighted by Gasteiger charge is -2.36. The molecule has 1 aliphatic carbocycles. The number of benzene rings is 1. The molecule has 2 heterocycles. The molecule has 0 spiro atoms. The maximum atomic E-state index is 15.7. The Bertz CT molecular complexity index is 1470. The van der Waals surface area contributed by atoms with Crippen LogP contribution in [0.25, 0.3) is 0 Å². The molecule has 2 fully saturated rings. The van der Waals surface area contributed by atoms with Gasteiger partial charge in [0.05, 0.1) is 16.3 Å². The van der Waals surface area contributed by atoms with Crippen molar-refractivity contribution >= 4 is 41.1 Å². The van der Waals surface area contributed by atoms with Gasteiger partial charge in [-0.3, -0.25) is 19.2 Å². The number of anilines is 1. The van der Waals surface area contributed by atoms with Gasteiger partial charge in [0, 0.05) is 38.3 Å². The zero-order chi connectivity index (χ0) is 34.8. The highest BCUT2D eigenvalue weighted by molar-refractivity contribution is 8.03. The lowest BCUT2D eigenvalue weighted by atomic mass is 9.90. The van der Waals surface area contributed by atoms with Crippen molar-refractivity contribution in [2.45, 2.75) is 76.8 Å². The van der Waals surface area contributed by atoms with Crippen LogP contribution >= 0.6 is 11.8 Å². The molecule has 0 bridgehead atoms. The van der Waals surface area contributed by atoms with E-state index in [1.54, 1.807) is 24.1 Å². The molecule has 48 heavy (non-hydrogen) atoms. The first-order valence-electron chi connectivity index (χ1n) is 16.7. The number of thioether (sulfide) groups is 1. The Hall–Kier alpha value is -3.91. The van der Waals surface area contributed by atoms with E-state index in [4.69, 9.17) is 10.3 Å². The summed E-state index contributed by atoms with van der Waals surface area (Å²) in [5.74, 6) is -3.17. The molecule has 12 nitrogen and oxygen atoms in total. The van der Waals surface area contributed by atoms with E-state index in [1.165, 1.54) is 24.6 Å². The molecule has 2 aliphatic rings. The summed E-state index contributed by atoms with van der Waals surface area (Å²) in [7, 11) is 1.98. The van der Waals surface area contributed by atoms with Crippen LogP contribution in [-0.4, -0.2) is 90.2 Å². The molecule has 5 N–H and O–H groups in total. The van der Waals surface area contributed by atoms with Gasteiger partial charge in [0.15, 0.2) is 0 Å². The lowest BCUT2D eigenvalue weighted by molar-refractivity contribution is -0.137. The van der Waals surface area contributed by atoms with Crippen molar-refractivity contribution in [2.75, 3.05) is 44.8 Å². The minimum atomic E-state index is -0.983. The average Bonchev–Trinajstić information content (AvgIpc) is 3.41. The number of hydrogen-bond acceptors (Lipinski definition) is 9. The highest BCUT2D eigenvalue weighted by atomic mass is 32.2. The fourth-order valence-electron chi connectivity index (χ4n) is 6.35. The summed E-state index contributed by atoms with van der Waals surface area (Å²) in [6, 6.07) is 2.48. The van der Waals surface area contributed by atoms with E-state index in [0.29, 0.717) is 43.9 Å². The number of aryl methyl sites for hydroxylation is 1. The number of piperazine rings is 1. The number of amides is 4. The van der Waals surface area contributed by atoms with E-state index < -0.39 is 41.5 Å². The van der Waals surface area contributed by atoms with Crippen LogP contribution in [0.15, 0.2) is 40.1 Å². The molecule has 4 rings (SSSR count). The quantitative estimate of drug-likeness (QED) is 0.193. The van der Waals surface area contributed by atoms with Crippen molar-refractivity contribution in [3.63, 3.8) is 0 Å². The summed E-state index contributed by atoms with van der Waals surface area (Å²) < 4.78 is 20.8. The van der Waals surface area contributed by atoms with E-state index >= 15 is 4.39 Å².